The van der Waals surface area contributed by atoms with Crippen LogP contribution < -0.4 is 5.32 Å². The van der Waals surface area contributed by atoms with Crippen LogP contribution in [0.25, 0.3) is 0 Å². The highest BCUT2D eigenvalue weighted by molar-refractivity contribution is 4.78. The molecule has 0 aromatic heterocycles. The lowest BCUT2D eigenvalue weighted by molar-refractivity contribution is 0.191. The van der Waals surface area contributed by atoms with Gasteiger partial charge in [0.2, 0.25) is 0 Å². The van der Waals surface area contributed by atoms with Crippen molar-refractivity contribution in [3.63, 3.8) is 0 Å². The first kappa shape index (κ1) is 13.4. The molecule has 0 amide bonds. The Morgan fingerprint density at radius 3 is 2.35 bits per heavy atom. The molecule has 0 aromatic carbocycles. The van der Waals surface area contributed by atoms with Crippen LogP contribution in [-0.4, -0.2) is 37.1 Å². The third-order valence-corrected chi connectivity index (χ3v) is 4.55. The van der Waals surface area contributed by atoms with Crippen LogP contribution in [-0.2, 0) is 0 Å². The molecular weight excluding hydrogens is 208 g/mol. The van der Waals surface area contributed by atoms with E-state index in [1.807, 2.05) is 0 Å². The average molecular weight is 238 g/mol. The first-order chi connectivity index (χ1) is 8.38. The second-order valence-corrected chi connectivity index (χ2v) is 6.03. The summed E-state index contributed by atoms with van der Waals surface area (Å²) in [6.07, 6.45) is 11.4. The van der Waals surface area contributed by atoms with E-state index in [0.717, 1.165) is 12.0 Å². The molecular formula is C15H30N2. The van der Waals surface area contributed by atoms with Crippen molar-refractivity contribution in [3.05, 3.63) is 0 Å². The summed E-state index contributed by atoms with van der Waals surface area (Å²) in [5.41, 5.74) is 0. The predicted molar refractivity (Wildman–Crippen MR) is 74.3 cm³/mol. The van der Waals surface area contributed by atoms with Crippen molar-refractivity contribution in [1.29, 1.82) is 0 Å². The summed E-state index contributed by atoms with van der Waals surface area (Å²) in [7, 11) is 0. The molecule has 0 spiro atoms. The first-order valence-electron chi connectivity index (χ1n) is 7.84. The van der Waals surface area contributed by atoms with Crippen molar-refractivity contribution in [1.82, 2.24) is 10.2 Å². The summed E-state index contributed by atoms with van der Waals surface area (Å²) in [6.45, 7) is 7.51. The predicted octanol–water partition coefficient (Wildman–Crippen LogP) is 3.03. The zero-order chi connectivity index (χ0) is 11.9. The maximum Gasteiger partial charge on any atom is 0.00915 e. The molecule has 100 valence electrons. The number of hydrogen-bond acceptors (Lipinski definition) is 2. The van der Waals surface area contributed by atoms with E-state index in [4.69, 9.17) is 0 Å². The average Bonchev–Trinajstić information content (AvgIpc) is 2.40. The molecule has 2 heteroatoms. The van der Waals surface area contributed by atoms with E-state index in [9.17, 15) is 0 Å². The summed E-state index contributed by atoms with van der Waals surface area (Å²) in [6, 6.07) is 0.810. The number of piperidine rings is 1. The summed E-state index contributed by atoms with van der Waals surface area (Å²) >= 11 is 0. The molecule has 17 heavy (non-hydrogen) atoms. The molecule has 1 heterocycles. The SMILES string of the molecule is CCCN1CCC(NCC2CCCCC2)CC1. The summed E-state index contributed by atoms with van der Waals surface area (Å²) in [5.74, 6) is 0.984. The molecule has 0 bridgehead atoms. The van der Waals surface area contributed by atoms with Crippen molar-refractivity contribution < 1.29 is 0 Å². The fourth-order valence-electron chi connectivity index (χ4n) is 3.40. The van der Waals surface area contributed by atoms with Gasteiger partial charge in [-0.2, -0.15) is 0 Å². The Morgan fingerprint density at radius 1 is 1.00 bits per heavy atom. The minimum Gasteiger partial charge on any atom is -0.314 e. The van der Waals surface area contributed by atoms with E-state index in [2.05, 4.69) is 17.1 Å². The molecule has 1 saturated heterocycles. The number of likely N-dealkylation sites (tertiary alicyclic amines) is 1. The Kier molecular flexibility index (Phi) is 5.79. The highest BCUT2D eigenvalue weighted by Gasteiger charge is 2.20. The smallest absolute Gasteiger partial charge is 0.00915 e. The fourth-order valence-corrected chi connectivity index (χ4v) is 3.40. The van der Waals surface area contributed by atoms with Crippen LogP contribution in [0.1, 0.15) is 58.3 Å². The highest BCUT2D eigenvalue weighted by Crippen LogP contribution is 2.23. The van der Waals surface area contributed by atoms with Crippen LogP contribution in [0, 0.1) is 5.92 Å². The molecule has 1 N–H and O–H groups in total. The van der Waals surface area contributed by atoms with Crippen molar-refractivity contribution in [3.8, 4) is 0 Å². The Morgan fingerprint density at radius 2 is 1.71 bits per heavy atom. The quantitative estimate of drug-likeness (QED) is 0.792. The lowest BCUT2D eigenvalue weighted by Gasteiger charge is -2.33. The molecule has 0 unspecified atom stereocenters. The van der Waals surface area contributed by atoms with Gasteiger partial charge in [-0.1, -0.05) is 26.2 Å². The molecule has 0 radical (unpaired) electrons. The van der Waals surface area contributed by atoms with E-state index < -0.39 is 0 Å². The van der Waals surface area contributed by atoms with Gasteiger partial charge in [-0.15, -0.1) is 0 Å². The Balaban J connectivity index is 1.57. The Hall–Kier alpha value is -0.0800. The zero-order valence-corrected chi connectivity index (χ0v) is 11.6. The zero-order valence-electron chi connectivity index (χ0n) is 11.6. The summed E-state index contributed by atoms with van der Waals surface area (Å²) < 4.78 is 0. The number of hydrogen-bond donors (Lipinski definition) is 1. The fraction of sp³-hybridized carbons (Fsp3) is 1.00. The van der Waals surface area contributed by atoms with E-state index in [-0.39, 0.29) is 0 Å². The molecule has 0 atom stereocenters. The van der Waals surface area contributed by atoms with Crippen LogP contribution in [0.3, 0.4) is 0 Å². The van der Waals surface area contributed by atoms with Gasteiger partial charge in [-0.25, -0.2) is 0 Å². The molecule has 1 aliphatic heterocycles. The Bertz CT molecular complexity index is 191. The summed E-state index contributed by atoms with van der Waals surface area (Å²) in [5, 5.41) is 3.83. The topological polar surface area (TPSA) is 15.3 Å². The number of nitrogens with zero attached hydrogens (tertiary/aromatic N) is 1. The maximum absolute atomic E-state index is 3.83. The van der Waals surface area contributed by atoms with Gasteiger partial charge >= 0.3 is 0 Å². The third kappa shape index (κ3) is 4.59. The van der Waals surface area contributed by atoms with Crippen LogP contribution >= 0.6 is 0 Å². The van der Waals surface area contributed by atoms with Crippen molar-refractivity contribution in [2.24, 2.45) is 5.92 Å². The lowest BCUT2D eigenvalue weighted by Crippen LogP contribution is -2.44. The molecule has 2 rings (SSSR count). The normalized spacial score (nSPS) is 25.2. The van der Waals surface area contributed by atoms with Gasteiger partial charge < -0.3 is 10.2 Å². The summed E-state index contributed by atoms with van der Waals surface area (Å²) in [4.78, 5) is 2.62. The van der Waals surface area contributed by atoms with Gasteiger partial charge in [0.15, 0.2) is 0 Å². The number of rotatable bonds is 5. The Labute approximate surface area is 107 Å². The molecule has 2 fully saturated rings. The van der Waals surface area contributed by atoms with Crippen LogP contribution in [0.15, 0.2) is 0 Å². The molecule has 1 aliphatic carbocycles. The van der Waals surface area contributed by atoms with Gasteiger partial charge in [0, 0.05) is 6.04 Å². The van der Waals surface area contributed by atoms with Crippen LogP contribution in [0.5, 0.6) is 0 Å². The second kappa shape index (κ2) is 7.38. The van der Waals surface area contributed by atoms with E-state index >= 15 is 0 Å². The molecule has 2 nitrogen and oxygen atoms in total. The minimum atomic E-state index is 0.810. The number of nitrogens with one attached hydrogen (secondary N) is 1. The van der Waals surface area contributed by atoms with E-state index in [0.29, 0.717) is 0 Å². The van der Waals surface area contributed by atoms with Gasteiger partial charge in [0.25, 0.3) is 0 Å². The third-order valence-electron chi connectivity index (χ3n) is 4.55. The highest BCUT2D eigenvalue weighted by atomic mass is 15.1. The lowest BCUT2D eigenvalue weighted by atomic mass is 9.89. The van der Waals surface area contributed by atoms with E-state index in [1.165, 1.54) is 77.5 Å². The first-order valence-corrected chi connectivity index (χ1v) is 7.84. The second-order valence-electron chi connectivity index (χ2n) is 6.03. The largest absolute Gasteiger partial charge is 0.314 e. The minimum absolute atomic E-state index is 0.810. The van der Waals surface area contributed by atoms with Crippen molar-refractivity contribution in [2.75, 3.05) is 26.2 Å². The van der Waals surface area contributed by atoms with Gasteiger partial charge in [-0.3, -0.25) is 0 Å². The van der Waals surface area contributed by atoms with Crippen LogP contribution in [0.4, 0.5) is 0 Å². The molecule has 2 aliphatic rings. The molecule has 0 aromatic rings. The monoisotopic (exact) mass is 238 g/mol. The van der Waals surface area contributed by atoms with E-state index in [1.54, 1.807) is 0 Å². The van der Waals surface area contributed by atoms with Gasteiger partial charge in [0.05, 0.1) is 0 Å². The van der Waals surface area contributed by atoms with Crippen LogP contribution in [0.2, 0.25) is 0 Å². The van der Waals surface area contributed by atoms with Gasteiger partial charge in [0.1, 0.15) is 0 Å². The van der Waals surface area contributed by atoms with Crippen molar-refractivity contribution >= 4 is 0 Å². The maximum atomic E-state index is 3.83. The molecule has 1 saturated carbocycles. The standard InChI is InChI=1S/C15H30N2/c1-2-10-17-11-8-15(9-12-17)16-13-14-6-4-3-5-7-14/h14-16H,2-13H2,1H3. The van der Waals surface area contributed by atoms with Crippen molar-refractivity contribution in [2.45, 2.75) is 64.3 Å². The van der Waals surface area contributed by atoms with Gasteiger partial charge in [-0.05, 0) is 64.2 Å².